The van der Waals surface area contributed by atoms with Gasteiger partial charge in [0, 0.05) is 19.2 Å². The monoisotopic (exact) mass is 269 g/mol. The van der Waals surface area contributed by atoms with Crippen LogP contribution in [-0.4, -0.2) is 9.38 Å². The van der Waals surface area contributed by atoms with Crippen LogP contribution in [0.3, 0.4) is 0 Å². The highest BCUT2D eigenvalue weighted by Crippen LogP contribution is 2.18. The van der Waals surface area contributed by atoms with Gasteiger partial charge in [0.15, 0.2) is 0 Å². The van der Waals surface area contributed by atoms with E-state index in [1.165, 1.54) is 12.1 Å². The molecule has 1 aromatic carbocycles. The van der Waals surface area contributed by atoms with Gasteiger partial charge in [0.05, 0.1) is 11.4 Å². The van der Waals surface area contributed by atoms with Gasteiger partial charge in [-0.1, -0.05) is 18.2 Å². The number of benzene rings is 1. The largest absolute Gasteiger partial charge is 0.325 e. The maximum absolute atomic E-state index is 13.0. The quantitative estimate of drug-likeness (QED) is 0.794. The summed E-state index contributed by atoms with van der Waals surface area (Å²) in [5.74, 6) is -0.223. The number of nitrogens with zero attached hydrogens (tertiary/aromatic N) is 2. The highest BCUT2D eigenvalue weighted by atomic mass is 19.1. The Labute approximate surface area is 116 Å². The van der Waals surface area contributed by atoms with Crippen LogP contribution in [-0.2, 0) is 13.0 Å². The van der Waals surface area contributed by atoms with Crippen molar-refractivity contribution >= 4 is 5.65 Å². The van der Waals surface area contributed by atoms with Crippen molar-refractivity contribution in [3.8, 4) is 0 Å². The molecule has 0 amide bonds. The Morgan fingerprint density at radius 1 is 1.20 bits per heavy atom. The maximum atomic E-state index is 13.0. The summed E-state index contributed by atoms with van der Waals surface area (Å²) in [6.07, 6.45) is 2.64. The van der Waals surface area contributed by atoms with E-state index in [1.54, 1.807) is 12.1 Å². The molecule has 0 aliphatic rings. The van der Waals surface area contributed by atoms with Crippen molar-refractivity contribution in [1.29, 1.82) is 0 Å². The second kappa shape index (κ2) is 5.06. The van der Waals surface area contributed by atoms with Crippen molar-refractivity contribution in [2.24, 2.45) is 5.73 Å². The zero-order valence-corrected chi connectivity index (χ0v) is 11.3. The Balaban J connectivity index is 2.07. The normalized spacial score (nSPS) is 11.2. The maximum Gasteiger partial charge on any atom is 0.140 e. The lowest BCUT2D eigenvalue weighted by Crippen LogP contribution is -2.04. The molecule has 0 saturated heterocycles. The van der Waals surface area contributed by atoms with Crippen molar-refractivity contribution < 1.29 is 4.39 Å². The van der Waals surface area contributed by atoms with E-state index >= 15 is 0 Å². The fourth-order valence-corrected chi connectivity index (χ4v) is 2.45. The summed E-state index contributed by atoms with van der Waals surface area (Å²) in [5, 5.41) is 0. The van der Waals surface area contributed by atoms with E-state index in [4.69, 9.17) is 5.73 Å². The molecule has 102 valence electrons. The van der Waals surface area contributed by atoms with Crippen LogP contribution in [0.2, 0.25) is 0 Å². The van der Waals surface area contributed by atoms with Crippen molar-refractivity contribution in [2.45, 2.75) is 19.9 Å². The molecule has 0 aliphatic carbocycles. The number of rotatable bonds is 3. The third-order valence-electron chi connectivity index (χ3n) is 3.51. The van der Waals surface area contributed by atoms with Crippen LogP contribution in [0.15, 0.2) is 42.6 Å². The Kier molecular flexibility index (Phi) is 3.24. The molecule has 0 aliphatic heterocycles. The lowest BCUT2D eigenvalue weighted by molar-refractivity contribution is 0.627. The summed E-state index contributed by atoms with van der Waals surface area (Å²) in [6, 6.07) is 10.5. The SMILES string of the molecule is Cc1cccn2c(CN)c(Cc3ccc(F)cc3)nc12. The summed E-state index contributed by atoms with van der Waals surface area (Å²) in [4.78, 5) is 4.69. The molecular weight excluding hydrogens is 253 g/mol. The summed E-state index contributed by atoms with van der Waals surface area (Å²) in [5.41, 5.74) is 10.9. The molecule has 0 fully saturated rings. The van der Waals surface area contributed by atoms with Gasteiger partial charge in [-0.15, -0.1) is 0 Å². The van der Waals surface area contributed by atoms with Crippen LogP contribution in [0.4, 0.5) is 4.39 Å². The molecule has 2 heterocycles. The Hall–Kier alpha value is -2.20. The fraction of sp³-hybridized carbons (Fsp3) is 0.188. The van der Waals surface area contributed by atoms with Gasteiger partial charge in [-0.3, -0.25) is 0 Å². The van der Waals surface area contributed by atoms with E-state index in [0.717, 1.165) is 28.2 Å². The highest BCUT2D eigenvalue weighted by molar-refractivity contribution is 5.51. The van der Waals surface area contributed by atoms with Crippen LogP contribution in [0, 0.1) is 12.7 Å². The number of hydrogen-bond acceptors (Lipinski definition) is 2. The summed E-state index contributed by atoms with van der Waals surface area (Å²) in [7, 11) is 0. The summed E-state index contributed by atoms with van der Waals surface area (Å²) < 4.78 is 15.0. The molecule has 2 aromatic heterocycles. The van der Waals surface area contributed by atoms with Crippen molar-refractivity contribution in [3.63, 3.8) is 0 Å². The minimum Gasteiger partial charge on any atom is -0.325 e. The number of aryl methyl sites for hydroxylation is 1. The van der Waals surface area contributed by atoms with E-state index in [2.05, 4.69) is 4.98 Å². The molecule has 0 saturated carbocycles. The first kappa shape index (κ1) is 12.8. The van der Waals surface area contributed by atoms with Gasteiger partial charge in [0.1, 0.15) is 11.5 Å². The van der Waals surface area contributed by atoms with Crippen molar-refractivity contribution in [2.75, 3.05) is 0 Å². The van der Waals surface area contributed by atoms with E-state index in [0.29, 0.717) is 13.0 Å². The molecule has 0 unspecified atom stereocenters. The van der Waals surface area contributed by atoms with Gasteiger partial charge < -0.3 is 10.1 Å². The van der Waals surface area contributed by atoms with E-state index in [9.17, 15) is 4.39 Å². The molecule has 2 N–H and O–H groups in total. The Bertz CT molecular complexity index is 744. The van der Waals surface area contributed by atoms with Gasteiger partial charge in [0.25, 0.3) is 0 Å². The molecule has 20 heavy (non-hydrogen) atoms. The smallest absolute Gasteiger partial charge is 0.140 e. The lowest BCUT2D eigenvalue weighted by atomic mass is 10.1. The predicted molar refractivity (Wildman–Crippen MR) is 77.0 cm³/mol. The predicted octanol–water partition coefficient (Wildman–Crippen LogP) is 2.83. The number of pyridine rings is 1. The fourth-order valence-electron chi connectivity index (χ4n) is 2.45. The van der Waals surface area contributed by atoms with Crippen molar-refractivity contribution in [1.82, 2.24) is 9.38 Å². The molecule has 4 heteroatoms. The first-order chi connectivity index (χ1) is 9.69. The third kappa shape index (κ3) is 2.18. The standard InChI is InChI=1S/C16H16FN3/c1-11-3-2-8-20-15(10-18)14(19-16(11)20)9-12-4-6-13(17)7-5-12/h2-8H,9-10,18H2,1H3. The van der Waals surface area contributed by atoms with E-state index in [1.807, 2.05) is 29.7 Å². The molecule has 3 nitrogen and oxygen atoms in total. The average Bonchev–Trinajstić information content (AvgIpc) is 2.80. The molecule has 3 rings (SSSR count). The minimum atomic E-state index is -0.223. The van der Waals surface area contributed by atoms with Gasteiger partial charge in [0.2, 0.25) is 0 Å². The van der Waals surface area contributed by atoms with E-state index in [-0.39, 0.29) is 5.82 Å². The van der Waals surface area contributed by atoms with Crippen LogP contribution in [0.25, 0.3) is 5.65 Å². The number of fused-ring (bicyclic) bond motifs is 1. The minimum absolute atomic E-state index is 0.223. The Morgan fingerprint density at radius 2 is 1.95 bits per heavy atom. The zero-order valence-electron chi connectivity index (χ0n) is 11.3. The number of aromatic nitrogens is 2. The molecule has 0 bridgehead atoms. The average molecular weight is 269 g/mol. The first-order valence-corrected chi connectivity index (χ1v) is 6.59. The van der Waals surface area contributed by atoms with Gasteiger partial charge in [-0.2, -0.15) is 0 Å². The zero-order chi connectivity index (χ0) is 14.1. The van der Waals surface area contributed by atoms with Crippen LogP contribution in [0.5, 0.6) is 0 Å². The van der Waals surface area contributed by atoms with Crippen LogP contribution >= 0.6 is 0 Å². The van der Waals surface area contributed by atoms with E-state index < -0.39 is 0 Å². The van der Waals surface area contributed by atoms with Crippen molar-refractivity contribution in [3.05, 3.63) is 70.9 Å². The number of halogens is 1. The van der Waals surface area contributed by atoms with Gasteiger partial charge in [-0.05, 0) is 36.2 Å². The summed E-state index contributed by atoms with van der Waals surface area (Å²) >= 11 is 0. The highest BCUT2D eigenvalue weighted by Gasteiger charge is 2.12. The van der Waals surface area contributed by atoms with Crippen LogP contribution < -0.4 is 5.73 Å². The van der Waals surface area contributed by atoms with Gasteiger partial charge in [-0.25, -0.2) is 9.37 Å². The molecule has 0 atom stereocenters. The molecule has 0 spiro atoms. The topological polar surface area (TPSA) is 43.3 Å². The summed E-state index contributed by atoms with van der Waals surface area (Å²) in [6.45, 7) is 2.46. The first-order valence-electron chi connectivity index (χ1n) is 6.59. The Morgan fingerprint density at radius 3 is 2.65 bits per heavy atom. The third-order valence-corrected chi connectivity index (χ3v) is 3.51. The second-order valence-electron chi connectivity index (χ2n) is 4.90. The number of hydrogen-bond donors (Lipinski definition) is 1. The molecule has 0 radical (unpaired) electrons. The number of imidazole rings is 1. The van der Waals surface area contributed by atoms with Gasteiger partial charge >= 0.3 is 0 Å². The number of nitrogens with two attached hydrogens (primary N) is 1. The lowest BCUT2D eigenvalue weighted by Gasteiger charge is -2.03. The van der Waals surface area contributed by atoms with Crippen LogP contribution in [0.1, 0.15) is 22.5 Å². The molecular formula is C16H16FN3. The molecule has 3 aromatic rings. The second-order valence-corrected chi connectivity index (χ2v) is 4.90.